The summed E-state index contributed by atoms with van der Waals surface area (Å²) in [7, 11) is 0. The molecule has 1 saturated carbocycles. The molecule has 1 aromatic carbocycles. The van der Waals surface area contributed by atoms with Crippen molar-refractivity contribution in [1.82, 2.24) is 0 Å². The second-order valence-electron chi connectivity index (χ2n) is 4.43. The third kappa shape index (κ3) is 2.85. The fraction of sp³-hybridized carbons (Fsp3) is 0.462. The summed E-state index contributed by atoms with van der Waals surface area (Å²) in [6.07, 6.45) is 4.35. The molecule has 3 heteroatoms. The molecular weight excluding hydrogens is 268 g/mol. The summed E-state index contributed by atoms with van der Waals surface area (Å²) in [6.45, 7) is 0. The molecular formula is C13H15BrO2. The molecule has 1 N–H and O–H groups in total. The average Bonchev–Trinajstić information content (AvgIpc) is 3.04. The lowest BCUT2D eigenvalue weighted by molar-refractivity contribution is -0.139. The third-order valence-corrected chi connectivity index (χ3v) is 3.86. The summed E-state index contributed by atoms with van der Waals surface area (Å²) in [5.41, 5.74) is 0.899. The molecule has 1 aliphatic carbocycles. The van der Waals surface area contributed by atoms with E-state index in [-0.39, 0.29) is 5.92 Å². The Morgan fingerprint density at radius 3 is 2.69 bits per heavy atom. The van der Waals surface area contributed by atoms with Gasteiger partial charge in [0.25, 0.3) is 0 Å². The van der Waals surface area contributed by atoms with Crippen molar-refractivity contribution >= 4 is 21.9 Å². The standard InChI is InChI=1S/C13H15BrO2/c14-12-4-2-1-3-10(12)11(13(15)16)8-7-9-5-6-9/h1-4,9,11H,5-8H2,(H,15,16). The number of hydrogen-bond donors (Lipinski definition) is 1. The molecule has 16 heavy (non-hydrogen) atoms. The van der Waals surface area contributed by atoms with Crippen LogP contribution in [0.1, 0.15) is 37.2 Å². The van der Waals surface area contributed by atoms with Gasteiger partial charge in [-0.15, -0.1) is 0 Å². The molecule has 0 bridgehead atoms. The monoisotopic (exact) mass is 282 g/mol. The number of carbonyl (C=O) groups is 1. The molecule has 1 unspecified atom stereocenters. The van der Waals surface area contributed by atoms with E-state index >= 15 is 0 Å². The van der Waals surface area contributed by atoms with E-state index in [4.69, 9.17) is 0 Å². The first-order valence-corrected chi connectivity index (χ1v) is 6.45. The van der Waals surface area contributed by atoms with Crippen molar-refractivity contribution in [2.24, 2.45) is 5.92 Å². The minimum Gasteiger partial charge on any atom is -0.481 e. The zero-order valence-corrected chi connectivity index (χ0v) is 10.6. The van der Waals surface area contributed by atoms with Crippen molar-refractivity contribution in [1.29, 1.82) is 0 Å². The lowest BCUT2D eigenvalue weighted by Crippen LogP contribution is -2.12. The first-order chi connectivity index (χ1) is 7.68. The molecule has 1 aliphatic rings. The maximum atomic E-state index is 11.3. The highest BCUT2D eigenvalue weighted by atomic mass is 79.9. The van der Waals surface area contributed by atoms with Gasteiger partial charge in [0.15, 0.2) is 0 Å². The molecule has 1 fully saturated rings. The fourth-order valence-corrected chi connectivity index (χ4v) is 2.54. The van der Waals surface area contributed by atoms with Crippen LogP contribution in [0.25, 0.3) is 0 Å². The van der Waals surface area contributed by atoms with Gasteiger partial charge in [-0.05, 0) is 30.4 Å². The molecule has 2 nitrogen and oxygen atoms in total. The second kappa shape index (κ2) is 5.00. The maximum absolute atomic E-state index is 11.3. The van der Waals surface area contributed by atoms with E-state index in [1.54, 1.807) is 0 Å². The van der Waals surface area contributed by atoms with Crippen molar-refractivity contribution in [3.05, 3.63) is 34.3 Å². The van der Waals surface area contributed by atoms with Gasteiger partial charge in [-0.3, -0.25) is 4.79 Å². The zero-order chi connectivity index (χ0) is 11.5. The molecule has 0 saturated heterocycles. The minimum absolute atomic E-state index is 0.365. The molecule has 2 rings (SSSR count). The van der Waals surface area contributed by atoms with E-state index in [1.165, 1.54) is 12.8 Å². The molecule has 0 radical (unpaired) electrons. The van der Waals surface area contributed by atoms with Gasteiger partial charge in [0.1, 0.15) is 0 Å². The van der Waals surface area contributed by atoms with Crippen LogP contribution in [0.2, 0.25) is 0 Å². The predicted octanol–water partition coefficient (Wildman–Crippen LogP) is 3.81. The van der Waals surface area contributed by atoms with Crippen LogP contribution in [0, 0.1) is 5.92 Å². The summed E-state index contributed by atoms with van der Waals surface area (Å²) < 4.78 is 0.901. The first-order valence-electron chi connectivity index (χ1n) is 5.65. The largest absolute Gasteiger partial charge is 0.481 e. The van der Waals surface area contributed by atoms with E-state index in [9.17, 15) is 9.90 Å². The summed E-state index contributed by atoms with van der Waals surface area (Å²) in [5, 5.41) is 9.26. The summed E-state index contributed by atoms with van der Waals surface area (Å²) >= 11 is 3.42. The average molecular weight is 283 g/mol. The number of halogens is 1. The van der Waals surface area contributed by atoms with Crippen LogP contribution >= 0.6 is 15.9 Å². The molecule has 0 spiro atoms. The van der Waals surface area contributed by atoms with Crippen molar-refractivity contribution in [3.63, 3.8) is 0 Å². The number of hydrogen-bond acceptors (Lipinski definition) is 1. The highest BCUT2D eigenvalue weighted by Gasteiger charge is 2.27. The van der Waals surface area contributed by atoms with Gasteiger partial charge in [-0.2, -0.15) is 0 Å². The van der Waals surface area contributed by atoms with Gasteiger partial charge in [-0.25, -0.2) is 0 Å². The smallest absolute Gasteiger partial charge is 0.311 e. The second-order valence-corrected chi connectivity index (χ2v) is 5.29. The van der Waals surface area contributed by atoms with E-state index in [2.05, 4.69) is 15.9 Å². The van der Waals surface area contributed by atoms with Gasteiger partial charge in [0, 0.05) is 4.47 Å². The SMILES string of the molecule is O=C(O)C(CCC1CC1)c1ccccc1Br. The molecule has 1 aromatic rings. The van der Waals surface area contributed by atoms with Crippen molar-refractivity contribution in [2.45, 2.75) is 31.6 Å². The molecule has 0 aliphatic heterocycles. The van der Waals surface area contributed by atoms with Crippen molar-refractivity contribution in [2.75, 3.05) is 0 Å². The number of aliphatic carboxylic acids is 1. The Balaban J connectivity index is 2.11. The van der Waals surface area contributed by atoms with Crippen LogP contribution < -0.4 is 0 Å². The quantitative estimate of drug-likeness (QED) is 0.892. The Kier molecular flexibility index (Phi) is 3.64. The van der Waals surface area contributed by atoms with Crippen LogP contribution in [-0.2, 0) is 4.79 Å². The van der Waals surface area contributed by atoms with Crippen LogP contribution in [0.5, 0.6) is 0 Å². The van der Waals surface area contributed by atoms with E-state index in [0.717, 1.165) is 28.8 Å². The van der Waals surface area contributed by atoms with Gasteiger partial charge in [0.05, 0.1) is 5.92 Å². The van der Waals surface area contributed by atoms with Crippen LogP contribution in [0.15, 0.2) is 28.7 Å². The lowest BCUT2D eigenvalue weighted by Gasteiger charge is -2.14. The topological polar surface area (TPSA) is 37.3 Å². The van der Waals surface area contributed by atoms with Crippen molar-refractivity contribution in [3.8, 4) is 0 Å². The predicted molar refractivity (Wildman–Crippen MR) is 66.5 cm³/mol. The molecule has 1 atom stereocenters. The van der Waals surface area contributed by atoms with E-state index in [1.807, 2.05) is 24.3 Å². The maximum Gasteiger partial charge on any atom is 0.311 e. The van der Waals surface area contributed by atoms with Crippen LogP contribution in [0.4, 0.5) is 0 Å². The van der Waals surface area contributed by atoms with Gasteiger partial charge in [0.2, 0.25) is 0 Å². The van der Waals surface area contributed by atoms with Gasteiger partial charge in [-0.1, -0.05) is 47.0 Å². The van der Waals surface area contributed by atoms with Gasteiger partial charge >= 0.3 is 5.97 Å². The highest BCUT2D eigenvalue weighted by molar-refractivity contribution is 9.10. The first kappa shape index (κ1) is 11.6. The molecule has 0 amide bonds. The van der Waals surface area contributed by atoms with Crippen LogP contribution in [0.3, 0.4) is 0 Å². The summed E-state index contributed by atoms with van der Waals surface area (Å²) in [6, 6.07) is 7.61. The fourth-order valence-electron chi connectivity index (χ4n) is 1.98. The van der Waals surface area contributed by atoms with E-state index < -0.39 is 5.97 Å². The molecule has 0 aromatic heterocycles. The van der Waals surface area contributed by atoms with Crippen molar-refractivity contribution < 1.29 is 9.90 Å². The summed E-state index contributed by atoms with van der Waals surface area (Å²) in [5.74, 6) is -0.298. The Hall–Kier alpha value is -0.830. The van der Waals surface area contributed by atoms with E-state index in [0.29, 0.717) is 0 Å². The van der Waals surface area contributed by atoms with Crippen LogP contribution in [-0.4, -0.2) is 11.1 Å². The number of rotatable bonds is 5. The molecule has 86 valence electrons. The highest BCUT2D eigenvalue weighted by Crippen LogP contribution is 2.37. The Bertz CT molecular complexity index is 385. The lowest BCUT2D eigenvalue weighted by atomic mass is 9.93. The van der Waals surface area contributed by atoms with Gasteiger partial charge < -0.3 is 5.11 Å². The Morgan fingerprint density at radius 2 is 2.12 bits per heavy atom. The normalized spacial score (nSPS) is 17.1. The molecule has 0 heterocycles. The Morgan fingerprint density at radius 1 is 1.44 bits per heavy atom. The summed E-state index contributed by atoms with van der Waals surface area (Å²) in [4.78, 5) is 11.3. The minimum atomic E-state index is -0.715. The third-order valence-electron chi connectivity index (χ3n) is 3.14. The number of benzene rings is 1. The Labute approximate surface area is 104 Å². The number of carboxylic acid groups (broad SMARTS) is 1. The number of carboxylic acids is 1. The zero-order valence-electron chi connectivity index (χ0n) is 9.03.